The summed E-state index contributed by atoms with van der Waals surface area (Å²) >= 11 is 0. The number of hydrogen-bond acceptors (Lipinski definition) is 4. The van der Waals surface area contributed by atoms with Gasteiger partial charge in [0.2, 0.25) is 0 Å². The molecule has 2 fully saturated rings. The molecular weight excluding hydrogens is 396 g/mol. The van der Waals surface area contributed by atoms with Gasteiger partial charge in [-0.05, 0) is 69.0 Å². The van der Waals surface area contributed by atoms with E-state index in [-0.39, 0.29) is 0 Å². The van der Waals surface area contributed by atoms with Crippen molar-refractivity contribution in [2.45, 2.75) is 51.1 Å². The van der Waals surface area contributed by atoms with Crippen LogP contribution in [0.1, 0.15) is 43.2 Å². The van der Waals surface area contributed by atoms with Crippen LogP contribution in [-0.2, 0) is 4.74 Å². The van der Waals surface area contributed by atoms with E-state index in [1.54, 1.807) is 0 Å². The fourth-order valence-electron chi connectivity index (χ4n) is 5.17. The Labute approximate surface area is 192 Å². The van der Waals surface area contributed by atoms with Crippen molar-refractivity contribution in [3.8, 4) is 16.9 Å². The summed E-state index contributed by atoms with van der Waals surface area (Å²) in [6, 6.07) is 16.7. The molecule has 0 radical (unpaired) electrons. The fourth-order valence-corrected chi connectivity index (χ4v) is 5.17. The van der Waals surface area contributed by atoms with E-state index in [0.29, 0.717) is 12.1 Å². The third kappa shape index (κ3) is 5.43. The van der Waals surface area contributed by atoms with Crippen molar-refractivity contribution in [2.24, 2.45) is 0 Å². The summed E-state index contributed by atoms with van der Waals surface area (Å²) in [5.41, 5.74) is 6.51. The van der Waals surface area contributed by atoms with E-state index in [1.165, 1.54) is 53.8 Å². The van der Waals surface area contributed by atoms with Crippen LogP contribution in [0.3, 0.4) is 0 Å². The normalized spacial score (nSPS) is 20.8. The first-order valence-electron chi connectivity index (χ1n) is 12.3. The first-order valence-corrected chi connectivity index (χ1v) is 12.3. The van der Waals surface area contributed by atoms with Crippen LogP contribution in [0, 0.1) is 6.92 Å². The lowest BCUT2D eigenvalue weighted by atomic mass is 9.99. The number of fused-ring (bicyclic) bond motifs is 1. The molecule has 3 heterocycles. The molecule has 3 aliphatic heterocycles. The SMILES string of the molecule is Cc1ccc(-c2ccc3c(c2)C=C(CN2CCC(NC4CCOCC4)CC2)CCO3)cc1. The summed E-state index contributed by atoms with van der Waals surface area (Å²) in [6.07, 6.45) is 8.21. The second-order valence-corrected chi connectivity index (χ2v) is 9.62. The van der Waals surface area contributed by atoms with Gasteiger partial charge in [-0.3, -0.25) is 4.90 Å². The Morgan fingerprint density at radius 1 is 0.875 bits per heavy atom. The van der Waals surface area contributed by atoms with Crippen LogP contribution >= 0.6 is 0 Å². The van der Waals surface area contributed by atoms with Gasteiger partial charge in [-0.2, -0.15) is 0 Å². The molecule has 0 aliphatic carbocycles. The van der Waals surface area contributed by atoms with E-state index in [9.17, 15) is 0 Å². The minimum atomic E-state index is 0.654. The number of aryl methyl sites for hydroxylation is 1. The Morgan fingerprint density at radius 3 is 2.38 bits per heavy atom. The number of piperidine rings is 1. The molecule has 0 saturated carbocycles. The molecule has 0 amide bonds. The summed E-state index contributed by atoms with van der Waals surface area (Å²) < 4.78 is 11.6. The molecule has 0 unspecified atom stereocenters. The standard InChI is InChI=1S/C28H36N2O2/c1-21-2-4-23(5-3-21)24-6-7-28-25(19-24)18-22(10-17-32-28)20-30-13-8-26(9-14-30)29-27-11-15-31-16-12-27/h2-7,18-19,26-27,29H,8-17,20H2,1H3. The fraction of sp³-hybridized carbons (Fsp3) is 0.500. The van der Waals surface area contributed by atoms with Crippen LogP contribution in [-0.4, -0.2) is 56.4 Å². The number of ether oxygens (including phenoxy) is 2. The van der Waals surface area contributed by atoms with Crippen molar-refractivity contribution in [1.82, 2.24) is 10.2 Å². The Balaban J connectivity index is 1.21. The Morgan fingerprint density at radius 2 is 1.59 bits per heavy atom. The number of rotatable bonds is 5. The summed E-state index contributed by atoms with van der Waals surface area (Å²) in [6.45, 7) is 8.14. The average Bonchev–Trinajstić information content (AvgIpc) is 3.02. The smallest absolute Gasteiger partial charge is 0.126 e. The van der Waals surface area contributed by atoms with Crippen LogP contribution in [0.25, 0.3) is 17.2 Å². The van der Waals surface area contributed by atoms with Crippen LogP contribution in [0.4, 0.5) is 0 Å². The molecule has 2 aromatic carbocycles. The molecule has 5 rings (SSSR count). The van der Waals surface area contributed by atoms with Crippen molar-refractivity contribution in [2.75, 3.05) is 39.5 Å². The number of likely N-dealkylation sites (tertiary alicyclic amines) is 1. The molecule has 3 aliphatic rings. The average molecular weight is 433 g/mol. The molecule has 32 heavy (non-hydrogen) atoms. The van der Waals surface area contributed by atoms with E-state index < -0.39 is 0 Å². The van der Waals surface area contributed by atoms with E-state index in [2.05, 4.69) is 65.7 Å². The maximum Gasteiger partial charge on any atom is 0.126 e. The summed E-state index contributed by atoms with van der Waals surface area (Å²) in [5, 5.41) is 3.89. The third-order valence-electron chi connectivity index (χ3n) is 7.14. The van der Waals surface area contributed by atoms with Gasteiger partial charge in [-0.1, -0.05) is 47.5 Å². The van der Waals surface area contributed by atoms with Gasteiger partial charge >= 0.3 is 0 Å². The van der Waals surface area contributed by atoms with Crippen molar-refractivity contribution >= 4 is 6.08 Å². The molecule has 0 bridgehead atoms. The molecule has 2 aromatic rings. The van der Waals surface area contributed by atoms with Gasteiger partial charge in [-0.25, -0.2) is 0 Å². The number of nitrogens with one attached hydrogen (secondary N) is 1. The maximum atomic E-state index is 6.09. The highest BCUT2D eigenvalue weighted by Gasteiger charge is 2.23. The number of hydrogen-bond donors (Lipinski definition) is 1. The van der Waals surface area contributed by atoms with Gasteiger partial charge in [0.05, 0.1) is 6.61 Å². The van der Waals surface area contributed by atoms with Crippen LogP contribution in [0.5, 0.6) is 5.75 Å². The molecule has 4 nitrogen and oxygen atoms in total. The lowest BCUT2D eigenvalue weighted by Gasteiger charge is -2.36. The molecule has 4 heteroatoms. The van der Waals surface area contributed by atoms with Crippen molar-refractivity contribution < 1.29 is 9.47 Å². The van der Waals surface area contributed by atoms with Gasteiger partial charge in [0.15, 0.2) is 0 Å². The van der Waals surface area contributed by atoms with Gasteiger partial charge in [0.1, 0.15) is 5.75 Å². The highest BCUT2D eigenvalue weighted by molar-refractivity contribution is 5.72. The zero-order valence-electron chi connectivity index (χ0n) is 19.3. The first-order chi connectivity index (χ1) is 15.7. The second kappa shape index (κ2) is 10.2. The maximum absolute atomic E-state index is 6.09. The predicted octanol–water partition coefficient (Wildman–Crippen LogP) is 5.06. The lowest BCUT2D eigenvalue weighted by molar-refractivity contribution is 0.0709. The molecule has 2 saturated heterocycles. The van der Waals surface area contributed by atoms with Gasteiger partial charge in [0.25, 0.3) is 0 Å². The van der Waals surface area contributed by atoms with Crippen LogP contribution < -0.4 is 10.1 Å². The predicted molar refractivity (Wildman–Crippen MR) is 131 cm³/mol. The van der Waals surface area contributed by atoms with Gasteiger partial charge in [0, 0.05) is 43.8 Å². The van der Waals surface area contributed by atoms with E-state index >= 15 is 0 Å². The molecule has 0 spiro atoms. The zero-order chi connectivity index (χ0) is 21.8. The van der Waals surface area contributed by atoms with Crippen LogP contribution in [0.2, 0.25) is 0 Å². The zero-order valence-corrected chi connectivity index (χ0v) is 19.3. The highest BCUT2D eigenvalue weighted by Crippen LogP contribution is 2.31. The Kier molecular flexibility index (Phi) is 6.92. The molecule has 1 N–H and O–H groups in total. The van der Waals surface area contributed by atoms with E-state index in [1.807, 2.05) is 0 Å². The van der Waals surface area contributed by atoms with Gasteiger partial charge in [-0.15, -0.1) is 0 Å². The van der Waals surface area contributed by atoms with E-state index in [0.717, 1.165) is 51.4 Å². The third-order valence-corrected chi connectivity index (χ3v) is 7.14. The largest absolute Gasteiger partial charge is 0.493 e. The summed E-state index contributed by atoms with van der Waals surface area (Å²) in [5.74, 6) is 1.01. The summed E-state index contributed by atoms with van der Waals surface area (Å²) in [7, 11) is 0. The topological polar surface area (TPSA) is 33.7 Å². The van der Waals surface area contributed by atoms with Gasteiger partial charge < -0.3 is 14.8 Å². The highest BCUT2D eigenvalue weighted by atomic mass is 16.5. The molecular formula is C28H36N2O2. The van der Waals surface area contributed by atoms with Crippen LogP contribution in [0.15, 0.2) is 48.0 Å². The molecule has 0 atom stereocenters. The first kappa shape index (κ1) is 21.7. The minimum Gasteiger partial charge on any atom is -0.493 e. The summed E-state index contributed by atoms with van der Waals surface area (Å²) in [4.78, 5) is 2.63. The Hall–Kier alpha value is -2.14. The van der Waals surface area contributed by atoms with Crippen molar-refractivity contribution in [3.63, 3.8) is 0 Å². The van der Waals surface area contributed by atoms with E-state index in [4.69, 9.17) is 9.47 Å². The monoisotopic (exact) mass is 432 g/mol. The quantitative estimate of drug-likeness (QED) is 0.716. The number of nitrogens with zero attached hydrogens (tertiary/aromatic N) is 1. The Bertz CT molecular complexity index is 923. The number of benzene rings is 2. The minimum absolute atomic E-state index is 0.654. The van der Waals surface area contributed by atoms with Crippen molar-refractivity contribution in [1.29, 1.82) is 0 Å². The molecule has 170 valence electrons. The lowest BCUT2D eigenvalue weighted by Crippen LogP contribution is -2.47. The molecule has 0 aromatic heterocycles. The second-order valence-electron chi connectivity index (χ2n) is 9.62. The van der Waals surface area contributed by atoms with Crippen molar-refractivity contribution in [3.05, 3.63) is 59.2 Å².